The Balaban J connectivity index is 1.93. The molecule has 102 valence electrons. The average Bonchev–Trinajstić information content (AvgIpc) is 2.85. The number of aromatic nitrogens is 4. The van der Waals surface area contributed by atoms with Gasteiger partial charge >= 0.3 is 0 Å². The van der Waals surface area contributed by atoms with Crippen molar-refractivity contribution < 1.29 is 4.74 Å². The fourth-order valence-corrected chi connectivity index (χ4v) is 1.71. The van der Waals surface area contributed by atoms with Crippen LogP contribution >= 0.6 is 0 Å². The van der Waals surface area contributed by atoms with Crippen LogP contribution in [0.4, 0.5) is 0 Å². The number of tetrazole rings is 1. The maximum absolute atomic E-state index is 4.98. The molecule has 0 radical (unpaired) electrons. The quantitative estimate of drug-likeness (QED) is 0.746. The molecule has 6 heteroatoms. The van der Waals surface area contributed by atoms with Crippen LogP contribution in [0.25, 0.3) is 0 Å². The first-order valence-corrected chi connectivity index (χ1v) is 6.30. The lowest BCUT2D eigenvalue weighted by molar-refractivity contribution is 0.198. The van der Waals surface area contributed by atoms with Crippen molar-refractivity contribution in [2.24, 2.45) is 0 Å². The van der Waals surface area contributed by atoms with Crippen LogP contribution in [0.1, 0.15) is 17.0 Å². The largest absolute Gasteiger partial charge is 0.383 e. The Hall–Kier alpha value is -1.79. The molecule has 0 atom stereocenters. The Morgan fingerprint density at radius 3 is 2.79 bits per heavy atom. The van der Waals surface area contributed by atoms with Crippen LogP contribution < -0.4 is 5.32 Å². The van der Waals surface area contributed by atoms with E-state index in [2.05, 4.69) is 52.0 Å². The molecule has 1 aromatic carbocycles. The molecular weight excluding hydrogens is 242 g/mol. The monoisotopic (exact) mass is 261 g/mol. The molecule has 0 amide bonds. The van der Waals surface area contributed by atoms with Gasteiger partial charge < -0.3 is 10.1 Å². The first kappa shape index (κ1) is 13.6. The molecule has 0 aliphatic carbocycles. The van der Waals surface area contributed by atoms with Gasteiger partial charge in [-0.05, 0) is 22.9 Å². The molecule has 0 aliphatic heterocycles. The Bertz CT molecular complexity index is 494. The van der Waals surface area contributed by atoms with E-state index >= 15 is 0 Å². The van der Waals surface area contributed by atoms with Gasteiger partial charge in [-0.2, -0.15) is 0 Å². The van der Waals surface area contributed by atoms with Crippen molar-refractivity contribution in [1.29, 1.82) is 0 Å². The number of benzene rings is 1. The topological polar surface area (TPSA) is 64.9 Å². The van der Waals surface area contributed by atoms with Gasteiger partial charge in [0.2, 0.25) is 0 Å². The molecule has 1 heterocycles. The molecule has 0 unspecified atom stereocenters. The molecular formula is C13H19N5O. The number of rotatable bonds is 7. The van der Waals surface area contributed by atoms with Gasteiger partial charge in [-0.25, -0.2) is 4.68 Å². The summed E-state index contributed by atoms with van der Waals surface area (Å²) in [5.41, 5.74) is 2.44. The highest BCUT2D eigenvalue weighted by Gasteiger charge is 2.05. The third-order valence-electron chi connectivity index (χ3n) is 2.83. The van der Waals surface area contributed by atoms with E-state index in [1.54, 1.807) is 7.11 Å². The van der Waals surface area contributed by atoms with Crippen LogP contribution in [-0.2, 0) is 17.8 Å². The number of ether oxygens (including phenoxy) is 1. The van der Waals surface area contributed by atoms with E-state index in [4.69, 9.17) is 4.74 Å². The van der Waals surface area contributed by atoms with Gasteiger partial charge in [-0.3, -0.25) is 0 Å². The van der Waals surface area contributed by atoms with Crippen LogP contribution in [0.2, 0.25) is 0 Å². The summed E-state index contributed by atoms with van der Waals surface area (Å²) in [5, 5.41) is 15.0. The Labute approximate surface area is 112 Å². The second-order valence-electron chi connectivity index (χ2n) is 4.41. The minimum absolute atomic E-state index is 0.641. The van der Waals surface area contributed by atoms with Gasteiger partial charge in [0, 0.05) is 13.7 Å². The first-order valence-electron chi connectivity index (χ1n) is 6.30. The second-order valence-corrected chi connectivity index (χ2v) is 4.41. The number of hydrogen-bond donors (Lipinski definition) is 1. The molecule has 0 bridgehead atoms. The number of hydrogen-bond acceptors (Lipinski definition) is 5. The molecule has 0 aliphatic rings. The standard InChI is InChI=1S/C13H19N5O/c1-11-3-5-12(6-4-11)10-18-13(15-16-17-18)9-14-7-8-19-2/h3-6,14H,7-10H2,1-2H3. The zero-order valence-corrected chi connectivity index (χ0v) is 11.3. The summed E-state index contributed by atoms with van der Waals surface area (Å²) >= 11 is 0. The summed E-state index contributed by atoms with van der Waals surface area (Å²) in [4.78, 5) is 0. The SMILES string of the molecule is COCCNCc1nnnn1Cc1ccc(C)cc1. The predicted octanol–water partition coefficient (Wildman–Crippen LogP) is 0.766. The van der Waals surface area contributed by atoms with Crippen molar-refractivity contribution >= 4 is 0 Å². The van der Waals surface area contributed by atoms with E-state index in [1.807, 2.05) is 4.68 Å². The van der Waals surface area contributed by atoms with E-state index in [0.29, 0.717) is 19.7 Å². The van der Waals surface area contributed by atoms with Gasteiger partial charge in [0.1, 0.15) is 0 Å². The van der Waals surface area contributed by atoms with Crippen molar-refractivity contribution in [3.05, 3.63) is 41.2 Å². The lowest BCUT2D eigenvalue weighted by Gasteiger charge is -2.06. The Kier molecular flexibility index (Phi) is 5.00. The second kappa shape index (κ2) is 6.96. The molecule has 0 saturated heterocycles. The summed E-state index contributed by atoms with van der Waals surface area (Å²) < 4.78 is 6.79. The van der Waals surface area contributed by atoms with E-state index in [0.717, 1.165) is 12.4 Å². The average molecular weight is 261 g/mol. The molecule has 2 aromatic rings. The van der Waals surface area contributed by atoms with Crippen LogP contribution in [0.5, 0.6) is 0 Å². The van der Waals surface area contributed by atoms with Gasteiger partial charge in [-0.1, -0.05) is 29.8 Å². The van der Waals surface area contributed by atoms with E-state index < -0.39 is 0 Å². The molecule has 0 spiro atoms. The zero-order chi connectivity index (χ0) is 13.5. The van der Waals surface area contributed by atoms with Gasteiger partial charge in [0.25, 0.3) is 0 Å². The fourth-order valence-electron chi connectivity index (χ4n) is 1.71. The van der Waals surface area contributed by atoms with Crippen molar-refractivity contribution in [1.82, 2.24) is 25.5 Å². The summed E-state index contributed by atoms with van der Waals surface area (Å²) in [5.74, 6) is 0.830. The molecule has 2 rings (SSSR count). The highest BCUT2D eigenvalue weighted by Crippen LogP contribution is 2.05. The third kappa shape index (κ3) is 4.11. The Morgan fingerprint density at radius 2 is 2.05 bits per heavy atom. The minimum Gasteiger partial charge on any atom is -0.383 e. The number of methoxy groups -OCH3 is 1. The highest BCUT2D eigenvalue weighted by molar-refractivity contribution is 5.21. The lowest BCUT2D eigenvalue weighted by atomic mass is 10.1. The summed E-state index contributed by atoms with van der Waals surface area (Å²) in [6.45, 7) is 4.87. The van der Waals surface area contributed by atoms with Crippen molar-refractivity contribution in [3.8, 4) is 0 Å². The van der Waals surface area contributed by atoms with E-state index in [-0.39, 0.29) is 0 Å². The molecule has 1 aromatic heterocycles. The zero-order valence-electron chi connectivity index (χ0n) is 11.3. The van der Waals surface area contributed by atoms with Crippen LogP contribution in [-0.4, -0.2) is 40.5 Å². The van der Waals surface area contributed by atoms with Gasteiger partial charge in [-0.15, -0.1) is 5.10 Å². The van der Waals surface area contributed by atoms with Crippen LogP contribution in [0.3, 0.4) is 0 Å². The molecule has 19 heavy (non-hydrogen) atoms. The van der Waals surface area contributed by atoms with Crippen molar-refractivity contribution in [3.63, 3.8) is 0 Å². The molecule has 0 saturated carbocycles. The number of nitrogens with one attached hydrogen (secondary N) is 1. The highest BCUT2D eigenvalue weighted by atomic mass is 16.5. The number of nitrogens with zero attached hydrogens (tertiary/aromatic N) is 4. The first-order chi connectivity index (χ1) is 9.29. The summed E-state index contributed by atoms with van der Waals surface area (Å²) in [7, 11) is 1.68. The molecule has 6 nitrogen and oxygen atoms in total. The van der Waals surface area contributed by atoms with E-state index in [9.17, 15) is 0 Å². The maximum Gasteiger partial charge on any atom is 0.165 e. The smallest absolute Gasteiger partial charge is 0.165 e. The van der Waals surface area contributed by atoms with Crippen molar-refractivity contribution in [2.75, 3.05) is 20.3 Å². The molecule has 1 N–H and O–H groups in total. The Morgan fingerprint density at radius 1 is 1.26 bits per heavy atom. The lowest BCUT2D eigenvalue weighted by Crippen LogP contribution is -2.21. The third-order valence-corrected chi connectivity index (χ3v) is 2.83. The van der Waals surface area contributed by atoms with Crippen LogP contribution in [0.15, 0.2) is 24.3 Å². The summed E-state index contributed by atoms with van der Waals surface area (Å²) in [6, 6.07) is 8.38. The normalized spacial score (nSPS) is 10.8. The predicted molar refractivity (Wildman–Crippen MR) is 71.7 cm³/mol. The number of aryl methyl sites for hydroxylation is 1. The molecule has 0 fully saturated rings. The maximum atomic E-state index is 4.98. The fraction of sp³-hybridized carbons (Fsp3) is 0.462. The van der Waals surface area contributed by atoms with Crippen LogP contribution in [0, 0.1) is 6.92 Å². The van der Waals surface area contributed by atoms with Gasteiger partial charge in [0.15, 0.2) is 5.82 Å². The van der Waals surface area contributed by atoms with Crippen molar-refractivity contribution in [2.45, 2.75) is 20.0 Å². The van der Waals surface area contributed by atoms with E-state index in [1.165, 1.54) is 11.1 Å². The minimum atomic E-state index is 0.641. The van der Waals surface area contributed by atoms with Gasteiger partial charge in [0.05, 0.1) is 19.7 Å². The summed E-state index contributed by atoms with van der Waals surface area (Å²) in [6.07, 6.45) is 0.